The third-order valence-corrected chi connectivity index (χ3v) is 1.93. The van der Waals surface area contributed by atoms with Crippen molar-refractivity contribution in [1.29, 1.82) is 0 Å². The molecular weight excluding hydrogens is 160 g/mol. The standard InChI is InChI=1S/C6H6N4S/c1-5-7-3-9-10(5)6-2-11-4-8-6/h2-4H,1H3. The molecule has 0 bridgehead atoms. The summed E-state index contributed by atoms with van der Waals surface area (Å²) in [7, 11) is 0. The summed E-state index contributed by atoms with van der Waals surface area (Å²) in [5.41, 5.74) is 1.77. The zero-order valence-electron chi connectivity index (χ0n) is 5.93. The van der Waals surface area contributed by atoms with Gasteiger partial charge in [-0.25, -0.2) is 9.97 Å². The molecule has 2 rings (SSSR count). The first-order chi connectivity index (χ1) is 5.38. The average Bonchev–Trinajstić information content (AvgIpc) is 2.55. The molecular formula is C6H6N4S. The van der Waals surface area contributed by atoms with E-state index in [9.17, 15) is 0 Å². The maximum atomic E-state index is 4.10. The summed E-state index contributed by atoms with van der Waals surface area (Å²) in [5, 5.41) is 5.94. The molecule has 5 heteroatoms. The summed E-state index contributed by atoms with van der Waals surface area (Å²) < 4.78 is 1.70. The van der Waals surface area contributed by atoms with Gasteiger partial charge in [0.05, 0.1) is 5.51 Å². The molecule has 0 N–H and O–H groups in total. The van der Waals surface area contributed by atoms with Crippen LogP contribution < -0.4 is 0 Å². The molecule has 0 unspecified atom stereocenters. The van der Waals surface area contributed by atoms with Gasteiger partial charge >= 0.3 is 0 Å². The van der Waals surface area contributed by atoms with Crippen LogP contribution in [-0.4, -0.2) is 19.7 Å². The minimum absolute atomic E-state index is 0.838. The smallest absolute Gasteiger partial charge is 0.166 e. The molecule has 0 atom stereocenters. The van der Waals surface area contributed by atoms with Crippen LogP contribution in [0.25, 0.3) is 5.82 Å². The van der Waals surface area contributed by atoms with Crippen molar-refractivity contribution in [2.24, 2.45) is 0 Å². The van der Waals surface area contributed by atoms with Gasteiger partial charge in [0, 0.05) is 5.38 Å². The van der Waals surface area contributed by atoms with E-state index in [-0.39, 0.29) is 0 Å². The van der Waals surface area contributed by atoms with Crippen molar-refractivity contribution >= 4 is 11.3 Å². The molecule has 0 amide bonds. The number of hydrogen-bond acceptors (Lipinski definition) is 4. The van der Waals surface area contributed by atoms with E-state index in [0.29, 0.717) is 0 Å². The molecule has 0 saturated carbocycles. The Hall–Kier alpha value is -1.23. The maximum Gasteiger partial charge on any atom is 0.166 e. The van der Waals surface area contributed by atoms with Crippen molar-refractivity contribution in [3.63, 3.8) is 0 Å². The fraction of sp³-hybridized carbons (Fsp3) is 0.167. The summed E-state index contributed by atoms with van der Waals surface area (Å²) in [6, 6.07) is 0. The molecule has 0 aliphatic rings. The van der Waals surface area contributed by atoms with Gasteiger partial charge < -0.3 is 0 Å². The molecule has 11 heavy (non-hydrogen) atoms. The summed E-state index contributed by atoms with van der Waals surface area (Å²) in [4.78, 5) is 8.09. The molecule has 0 aromatic carbocycles. The van der Waals surface area contributed by atoms with Crippen LogP contribution in [0.4, 0.5) is 0 Å². The SMILES string of the molecule is Cc1ncnn1-c1cscn1. The normalized spacial score (nSPS) is 10.3. The molecule has 0 radical (unpaired) electrons. The van der Waals surface area contributed by atoms with E-state index in [1.165, 1.54) is 6.33 Å². The first kappa shape index (κ1) is 6.48. The van der Waals surface area contributed by atoms with E-state index in [1.54, 1.807) is 21.5 Å². The first-order valence-corrected chi connectivity index (χ1v) is 4.07. The molecule has 2 heterocycles. The van der Waals surface area contributed by atoms with Gasteiger partial charge in [-0.3, -0.25) is 0 Å². The Bertz CT molecular complexity index is 337. The van der Waals surface area contributed by atoms with Crippen LogP contribution in [0.15, 0.2) is 17.2 Å². The van der Waals surface area contributed by atoms with Crippen LogP contribution in [0.3, 0.4) is 0 Å². The highest BCUT2D eigenvalue weighted by atomic mass is 32.1. The number of aryl methyl sites for hydroxylation is 1. The van der Waals surface area contributed by atoms with E-state index in [2.05, 4.69) is 15.1 Å². The summed E-state index contributed by atoms with van der Waals surface area (Å²) in [5.74, 6) is 1.70. The third-order valence-electron chi connectivity index (χ3n) is 1.35. The van der Waals surface area contributed by atoms with E-state index < -0.39 is 0 Å². The van der Waals surface area contributed by atoms with Gasteiger partial charge in [0.2, 0.25) is 0 Å². The zero-order chi connectivity index (χ0) is 7.68. The average molecular weight is 166 g/mol. The number of hydrogen-bond donors (Lipinski definition) is 0. The molecule has 0 aliphatic heterocycles. The fourth-order valence-corrected chi connectivity index (χ4v) is 1.35. The zero-order valence-corrected chi connectivity index (χ0v) is 6.75. The molecule has 0 spiro atoms. The van der Waals surface area contributed by atoms with Crippen LogP contribution in [0.2, 0.25) is 0 Å². The van der Waals surface area contributed by atoms with Gasteiger partial charge in [0.15, 0.2) is 5.82 Å². The summed E-state index contributed by atoms with van der Waals surface area (Å²) in [6.45, 7) is 1.90. The topological polar surface area (TPSA) is 43.6 Å². The van der Waals surface area contributed by atoms with Crippen LogP contribution in [0, 0.1) is 6.92 Å². The van der Waals surface area contributed by atoms with Gasteiger partial charge in [-0.05, 0) is 6.92 Å². The van der Waals surface area contributed by atoms with Crippen molar-refractivity contribution in [3.05, 3.63) is 23.0 Å². The molecule has 2 aromatic rings. The molecule has 0 saturated heterocycles. The number of aromatic nitrogens is 4. The van der Waals surface area contributed by atoms with E-state index in [1.807, 2.05) is 12.3 Å². The predicted molar refractivity (Wildman–Crippen MR) is 41.8 cm³/mol. The quantitative estimate of drug-likeness (QED) is 0.635. The Morgan fingerprint density at radius 1 is 1.45 bits per heavy atom. The van der Waals surface area contributed by atoms with Gasteiger partial charge in [-0.1, -0.05) is 0 Å². The minimum atomic E-state index is 0.838. The lowest BCUT2D eigenvalue weighted by Gasteiger charge is -1.94. The van der Waals surface area contributed by atoms with E-state index >= 15 is 0 Å². The lowest BCUT2D eigenvalue weighted by Crippen LogP contribution is -1.98. The van der Waals surface area contributed by atoms with E-state index in [4.69, 9.17) is 0 Å². The van der Waals surface area contributed by atoms with Crippen molar-refractivity contribution in [1.82, 2.24) is 19.7 Å². The highest BCUT2D eigenvalue weighted by Gasteiger charge is 2.01. The summed E-state index contributed by atoms with van der Waals surface area (Å²) >= 11 is 1.55. The Kier molecular flexibility index (Phi) is 1.43. The fourth-order valence-electron chi connectivity index (χ4n) is 0.835. The van der Waals surface area contributed by atoms with Crippen molar-refractivity contribution in [2.75, 3.05) is 0 Å². The Balaban J connectivity index is 2.53. The minimum Gasteiger partial charge on any atom is -0.225 e. The van der Waals surface area contributed by atoms with Crippen molar-refractivity contribution in [3.8, 4) is 5.82 Å². The number of thiazole rings is 1. The second-order valence-electron chi connectivity index (χ2n) is 2.07. The van der Waals surface area contributed by atoms with Gasteiger partial charge in [-0.15, -0.1) is 11.3 Å². The molecule has 0 fully saturated rings. The predicted octanol–water partition coefficient (Wildman–Crippen LogP) is 1.03. The lowest BCUT2D eigenvalue weighted by molar-refractivity contribution is 0.818. The Morgan fingerprint density at radius 2 is 2.36 bits per heavy atom. The van der Waals surface area contributed by atoms with Gasteiger partial charge in [-0.2, -0.15) is 9.78 Å². The first-order valence-electron chi connectivity index (χ1n) is 3.13. The van der Waals surface area contributed by atoms with Crippen molar-refractivity contribution < 1.29 is 0 Å². The highest BCUT2D eigenvalue weighted by Crippen LogP contribution is 2.06. The Morgan fingerprint density at radius 3 is 2.91 bits per heavy atom. The van der Waals surface area contributed by atoms with Gasteiger partial charge in [0.25, 0.3) is 0 Å². The lowest BCUT2D eigenvalue weighted by atomic mass is 10.6. The highest BCUT2D eigenvalue weighted by molar-refractivity contribution is 7.07. The number of nitrogens with zero attached hydrogens (tertiary/aromatic N) is 4. The molecule has 0 aliphatic carbocycles. The Labute approximate surface area is 67.5 Å². The molecule has 56 valence electrons. The van der Waals surface area contributed by atoms with Crippen LogP contribution in [0.1, 0.15) is 5.82 Å². The number of rotatable bonds is 1. The monoisotopic (exact) mass is 166 g/mol. The molecule has 2 aromatic heterocycles. The van der Waals surface area contributed by atoms with E-state index in [0.717, 1.165) is 11.6 Å². The van der Waals surface area contributed by atoms with Crippen molar-refractivity contribution in [2.45, 2.75) is 6.92 Å². The largest absolute Gasteiger partial charge is 0.225 e. The molecule has 4 nitrogen and oxygen atoms in total. The second-order valence-corrected chi connectivity index (χ2v) is 2.78. The van der Waals surface area contributed by atoms with Gasteiger partial charge in [0.1, 0.15) is 12.2 Å². The second kappa shape index (κ2) is 2.43. The third kappa shape index (κ3) is 1.03. The maximum absolute atomic E-state index is 4.10. The van der Waals surface area contributed by atoms with Crippen LogP contribution in [0.5, 0.6) is 0 Å². The summed E-state index contributed by atoms with van der Waals surface area (Å²) in [6.07, 6.45) is 1.52. The van der Waals surface area contributed by atoms with Crippen LogP contribution >= 0.6 is 11.3 Å². The van der Waals surface area contributed by atoms with Crippen LogP contribution in [-0.2, 0) is 0 Å².